The highest BCUT2D eigenvalue weighted by Gasteiger charge is 2.24. The van der Waals surface area contributed by atoms with Gasteiger partial charge in [0.05, 0.1) is 5.56 Å². The van der Waals surface area contributed by atoms with Gasteiger partial charge in [-0.25, -0.2) is 8.78 Å². The Hall–Kier alpha value is -3.74. The molecule has 1 fully saturated rings. The zero-order valence-corrected chi connectivity index (χ0v) is 18.1. The van der Waals surface area contributed by atoms with Gasteiger partial charge in [-0.15, -0.1) is 0 Å². The van der Waals surface area contributed by atoms with Crippen LogP contribution in [0.3, 0.4) is 0 Å². The number of carbonyl (C=O) groups is 2. The van der Waals surface area contributed by atoms with Crippen LogP contribution < -0.4 is 15.5 Å². The molecule has 0 spiro atoms. The van der Waals surface area contributed by atoms with Crippen LogP contribution >= 0.6 is 0 Å². The molecular formula is C26H25F2N3O2. The normalized spacial score (nSPS) is 14.1. The first-order chi connectivity index (χ1) is 16.0. The maximum atomic E-state index is 13.4. The van der Waals surface area contributed by atoms with E-state index >= 15 is 0 Å². The zero-order chi connectivity index (χ0) is 23.2. The third kappa shape index (κ3) is 5.74. The first-order valence-corrected chi connectivity index (χ1v) is 10.9. The van der Waals surface area contributed by atoms with Crippen LogP contribution in [-0.4, -0.2) is 30.9 Å². The highest BCUT2D eigenvalue weighted by molar-refractivity contribution is 5.99. The monoisotopic (exact) mass is 449 g/mol. The Kier molecular flexibility index (Phi) is 6.98. The van der Waals surface area contributed by atoms with E-state index in [-0.39, 0.29) is 36.0 Å². The van der Waals surface area contributed by atoms with Crippen molar-refractivity contribution in [2.75, 3.05) is 18.0 Å². The predicted octanol–water partition coefficient (Wildman–Crippen LogP) is 4.29. The number of hydrogen-bond donors (Lipinski definition) is 2. The fraction of sp³-hybridized carbons (Fsp3) is 0.231. The van der Waals surface area contributed by atoms with Gasteiger partial charge in [0.2, 0.25) is 0 Å². The maximum absolute atomic E-state index is 13.4. The molecule has 0 atom stereocenters. The van der Waals surface area contributed by atoms with Crippen LogP contribution in [0.15, 0.2) is 72.8 Å². The van der Waals surface area contributed by atoms with Gasteiger partial charge in [0.1, 0.15) is 11.6 Å². The van der Waals surface area contributed by atoms with Gasteiger partial charge in [0.15, 0.2) is 0 Å². The SMILES string of the molecule is O=C(NC1CCN(c2ccccc2C(=O)NCc2cccc(F)c2)CC1)c1ccc(F)cc1. The number of carbonyl (C=O) groups excluding carboxylic acids is 2. The summed E-state index contributed by atoms with van der Waals surface area (Å²) < 4.78 is 26.5. The second-order valence-corrected chi connectivity index (χ2v) is 8.07. The number of rotatable bonds is 6. The van der Waals surface area contributed by atoms with Crippen LogP contribution in [0.5, 0.6) is 0 Å². The molecule has 0 aromatic heterocycles. The Morgan fingerprint density at radius 1 is 0.848 bits per heavy atom. The lowest BCUT2D eigenvalue weighted by Crippen LogP contribution is -2.45. The molecule has 33 heavy (non-hydrogen) atoms. The third-order valence-corrected chi connectivity index (χ3v) is 5.77. The van der Waals surface area contributed by atoms with E-state index in [1.165, 1.54) is 36.4 Å². The summed E-state index contributed by atoms with van der Waals surface area (Å²) in [6.07, 6.45) is 1.46. The summed E-state index contributed by atoms with van der Waals surface area (Å²) in [5.41, 5.74) is 2.51. The van der Waals surface area contributed by atoms with Crippen molar-refractivity contribution in [3.8, 4) is 0 Å². The Bertz CT molecular complexity index is 1130. The summed E-state index contributed by atoms with van der Waals surface area (Å²) in [5.74, 6) is -1.15. The minimum Gasteiger partial charge on any atom is -0.371 e. The number of anilines is 1. The van der Waals surface area contributed by atoms with Crippen molar-refractivity contribution in [3.63, 3.8) is 0 Å². The van der Waals surface area contributed by atoms with E-state index < -0.39 is 0 Å². The largest absolute Gasteiger partial charge is 0.371 e. The van der Waals surface area contributed by atoms with E-state index in [0.29, 0.717) is 29.8 Å². The fourth-order valence-corrected chi connectivity index (χ4v) is 4.00. The van der Waals surface area contributed by atoms with E-state index in [0.717, 1.165) is 18.5 Å². The van der Waals surface area contributed by atoms with Gasteiger partial charge in [0, 0.05) is 36.9 Å². The zero-order valence-electron chi connectivity index (χ0n) is 18.1. The summed E-state index contributed by atoms with van der Waals surface area (Å²) >= 11 is 0. The van der Waals surface area contributed by atoms with E-state index in [1.54, 1.807) is 18.2 Å². The number of nitrogens with one attached hydrogen (secondary N) is 2. The molecule has 3 aromatic carbocycles. The Morgan fingerprint density at radius 2 is 1.58 bits per heavy atom. The van der Waals surface area contributed by atoms with Gasteiger partial charge in [-0.1, -0.05) is 24.3 Å². The second-order valence-electron chi connectivity index (χ2n) is 8.07. The molecule has 1 heterocycles. The van der Waals surface area contributed by atoms with Crippen LogP contribution in [0.1, 0.15) is 39.1 Å². The second kappa shape index (κ2) is 10.3. The molecule has 0 unspecified atom stereocenters. The quantitative estimate of drug-likeness (QED) is 0.590. The molecule has 1 saturated heterocycles. The van der Waals surface area contributed by atoms with Crippen molar-refractivity contribution >= 4 is 17.5 Å². The molecule has 4 rings (SSSR count). The van der Waals surface area contributed by atoms with Crippen molar-refractivity contribution in [1.29, 1.82) is 0 Å². The Labute approximate surface area is 191 Å². The van der Waals surface area contributed by atoms with Gasteiger partial charge in [0.25, 0.3) is 11.8 Å². The topological polar surface area (TPSA) is 61.4 Å². The van der Waals surface area contributed by atoms with Crippen LogP contribution in [-0.2, 0) is 6.54 Å². The lowest BCUT2D eigenvalue weighted by atomic mass is 10.0. The van der Waals surface area contributed by atoms with E-state index in [2.05, 4.69) is 15.5 Å². The molecule has 0 aliphatic carbocycles. The lowest BCUT2D eigenvalue weighted by molar-refractivity contribution is 0.0929. The first kappa shape index (κ1) is 22.5. The minimum atomic E-state index is -0.376. The number of nitrogens with zero attached hydrogens (tertiary/aromatic N) is 1. The highest BCUT2D eigenvalue weighted by Crippen LogP contribution is 2.24. The van der Waals surface area contributed by atoms with Crippen LogP contribution in [0, 0.1) is 11.6 Å². The molecule has 1 aliphatic heterocycles. The number of piperidine rings is 1. The summed E-state index contributed by atoms with van der Waals surface area (Å²) in [7, 11) is 0. The van der Waals surface area contributed by atoms with Crippen LogP contribution in [0.25, 0.3) is 0 Å². The highest BCUT2D eigenvalue weighted by atomic mass is 19.1. The van der Waals surface area contributed by atoms with Crippen molar-refractivity contribution in [1.82, 2.24) is 10.6 Å². The van der Waals surface area contributed by atoms with Gasteiger partial charge < -0.3 is 15.5 Å². The average molecular weight is 450 g/mol. The Morgan fingerprint density at radius 3 is 2.30 bits per heavy atom. The van der Waals surface area contributed by atoms with Gasteiger partial charge in [-0.2, -0.15) is 0 Å². The molecule has 7 heteroatoms. The van der Waals surface area contributed by atoms with Crippen molar-refractivity contribution in [2.24, 2.45) is 0 Å². The molecule has 170 valence electrons. The maximum Gasteiger partial charge on any atom is 0.253 e. The van der Waals surface area contributed by atoms with Gasteiger partial charge in [-0.05, 0) is 66.9 Å². The number of hydrogen-bond acceptors (Lipinski definition) is 3. The molecule has 1 aliphatic rings. The molecule has 0 saturated carbocycles. The average Bonchev–Trinajstić information content (AvgIpc) is 2.83. The number of benzene rings is 3. The first-order valence-electron chi connectivity index (χ1n) is 10.9. The van der Waals surface area contributed by atoms with Crippen molar-refractivity contribution < 1.29 is 18.4 Å². The number of halogens is 2. The number of amides is 2. The summed E-state index contributed by atoms with van der Waals surface area (Å²) in [4.78, 5) is 27.4. The van der Waals surface area contributed by atoms with Crippen LogP contribution in [0.2, 0.25) is 0 Å². The lowest BCUT2D eigenvalue weighted by Gasteiger charge is -2.35. The number of para-hydroxylation sites is 1. The summed E-state index contributed by atoms with van der Waals surface area (Å²) in [5, 5.41) is 5.87. The molecule has 0 radical (unpaired) electrons. The minimum absolute atomic E-state index is 0.00719. The molecule has 5 nitrogen and oxygen atoms in total. The predicted molar refractivity (Wildman–Crippen MR) is 123 cm³/mol. The molecule has 3 aromatic rings. The smallest absolute Gasteiger partial charge is 0.253 e. The molecular weight excluding hydrogens is 424 g/mol. The van der Waals surface area contributed by atoms with Gasteiger partial charge in [-0.3, -0.25) is 9.59 Å². The van der Waals surface area contributed by atoms with E-state index in [4.69, 9.17) is 0 Å². The fourth-order valence-electron chi connectivity index (χ4n) is 4.00. The van der Waals surface area contributed by atoms with Crippen molar-refractivity contribution in [3.05, 3.63) is 101 Å². The molecule has 2 amide bonds. The summed E-state index contributed by atoms with van der Waals surface area (Å²) in [6.45, 7) is 1.60. The molecule has 2 N–H and O–H groups in total. The van der Waals surface area contributed by atoms with Gasteiger partial charge >= 0.3 is 0 Å². The molecule has 0 bridgehead atoms. The standard InChI is InChI=1S/C26H25F2N3O2/c27-20-10-8-19(9-11-20)25(32)30-22-12-14-31(15-13-22)24-7-2-1-6-23(24)26(33)29-17-18-4-3-5-21(28)16-18/h1-11,16,22H,12-15,17H2,(H,29,33)(H,30,32). The summed E-state index contributed by atoms with van der Waals surface area (Å²) in [6, 6.07) is 19.0. The van der Waals surface area contributed by atoms with E-state index in [1.807, 2.05) is 18.2 Å². The van der Waals surface area contributed by atoms with Crippen molar-refractivity contribution in [2.45, 2.75) is 25.4 Å². The third-order valence-electron chi connectivity index (χ3n) is 5.77. The Balaban J connectivity index is 1.35. The van der Waals surface area contributed by atoms with E-state index in [9.17, 15) is 18.4 Å². The van der Waals surface area contributed by atoms with Crippen LogP contribution in [0.4, 0.5) is 14.5 Å².